The van der Waals surface area contributed by atoms with Gasteiger partial charge in [-0.1, -0.05) is 12.1 Å². The summed E-state index contributed by atoms with van der Waals surface area (Å²) in [6.45, 7) is 2.13. The smallest absolute Gasteiger partial charge is 0.475 e. The number of amidine groups is 1. The molecule has 3 aromatic rings. The van der Waals surface area contributed by atoms with Crippen molar-refractivity contribution < 1.29 is 41.0 Å². The van der Waals surface area contributed by atoms with E-state index in [2.05, 4.69) is 0 Å². The molecule has 0 atom stereocenters. The lowest BCUT2D eigenvalue weighted by Gasteiger charge is -2.10. The van der Waals surface area contributed by atoms with Crippen LogP contribution in [0.15, 0.2) is 56.5 Å². The summed E-state index contributed by atoms with van der Waals surface area (Å²) < 4.78 is 69.9. The molecule has 0 radical (unpaired) electrons. The predicted octanol–water partition coefficient (Wildman–Crippen LogP) is 4.92. The number of hydrogen-bond acceptors (Lipinski definition) is 8. The van der Waals surface area contributed by atoms with Gasteiger partial charge in [-0.05, 0) is 60.2 Å². The van der Waals surface area contributed by atoms with Gasteiger partial charge < -0.3 is 20.3 Å². The van der Waals surface area contributed by atoms with Gasteiger partial charge in [0, 0.05) is 0 Å². The maximum Gasteiger partial charge on any atom is 0.490 e. The summed E-state index contributed by atoms with van der Waals surface area (Å²) in [6.07, 6.45) is -3.28. The van der Waals surface area contributed by atoms with Gasteiger partial charge in [-0.2, -0.15) is 13.2 Å². The zero-order valence-electron chi connectivity index (χ0n) is 18.7. The number of fused-ring (bicyclic) bond motifs is 1. The van der Waals surface area contributed by atoms with Gasteiger partial charge in [0.1, 0.15) is 5.84 Å². The third kappa shape index (κ3) is 5.77. The van der Waals surface area contributed by atoms with Gasteiger partial charge in [-0.3, -0.25) is 5.41 Å². The van der Waals surface area contributed by atoms with Gasteiger partial charge >= 0.3 is 12.1 Å². The number of nitrogens with one attached hydrogen (secondary N) is 1. The minimum Gasteiger partial charge on any atom is -0.475 e. The van der Waals surface area contributed by atoms with Crippen LogP contribution in [0.1, 0.15) is 10.4 Å². The molecule has 0 fully saturated rings. The van der Waals surface area contributed by atoms with Crippen LogP contribution in [0.5, 0.6) is 11.5 Å². The second-order valence-corrected chi connectivity index (χ2v) is 11.3. The van der Waals surface area contributed by atoms with E-state index in [1.807, 2.05) is 25.1 Å². The first-order valence-corrected chi connectivity index (χ1v) is 13.4. The van der Waals surface area contributed by atoms with Crippen molar-refractivity contribution in [2.45, 2.75) is 27.1 Å². The SMILES string of the molecule is CSc1sc(C(=N)N)cc1S(=O)(=O)c1cccc(-c2cc3c(cc2C)OCO3)c1.O=C(O)C(F)(F)F. The Labute approximate surface area is 212 Å². The number of thioether (sulfide) groups is 1. The molecule has 1 aliphatic rings. The summed E-state index contributed by atoms with van der Waals surface area (Å²) in [5.74, 6) is -1.56. The molecule has 14 heteroatoms. The van der Waals surface area contributed by atoms with Gasteiger partial charge in [-0.15, -0.1) is 23.1 Å². The second kappa shape index (κ2) is 10.4. The second-order valence-electron chi connectivity index (χ2n) is 7.23. The number of thiophene rings is 1. The fraction of sp³-hybridized carbons (Fsp3) is 0.182. The number of nitrogen functional groups attached to an aromatic ring is 1. The quantitative estimate of drug-likeness (QED) is 0.227. The third-order valence-electron chi connectivity index (χ3n) is 4.82. The molecule has 1 aromatic heterocycles. The Balaban J connectivity index is 0.000000454. The number of halogens is 3. The molecule has 8 nitrogen and oxygen atoms in total. The van der Waals surface area contributed by atoms with E-state index in [1.165, 1.54) is 29.2 Å². The van der Waals surface area contributed by atoms with Crippen LogP contribution >= 0.6 is 23.1 Å². The van der Waals surface area contributed by atoms with Crippen LogP contribution in [0.3, 0.4) is 0 Å². The van der Waals surface area contributed by atoms with Crippen molar-refractivity contribution in [2.75, 3.05) is 13.0 Å². The number of hydrogen-bond donors (Lipinski definition) is 3. The largest absolute Gasteiger partial charge is 0.490 e. The Kier molecular flexibility index (Phi) is 7.91. The first-order chi connectivity index (χ1) is 16.8. The molecule has 4 rings (SSSR count). The molecular weight excluding hydrogens is 541 g/mol. The van der Waals surface area contributed by atoms with E-state index in [0.29, 0.717) is 20.6 Å². The lowest BCUT2D eigenvalue weighted by molar-refractivity contribution is -0.192. The molecule has 2 heterocycles. The zero-order valence-corrected chi connectivity index (χ0v) is 21.1. The van der Waals surface area contributed by atoms with Crippen molar-refractivity contribution in [3.05, 3.63) is 52.9 Å². The van der Waals surface area contributed by atoms with E-state index in [4.69, 9.17) is 30.5 Å². The van der Waals surface area contributed by atoms with Crippen LogP contribution < -0.4 is 15.2 Å². The van der Waals surface area contributed by atoms with Crippen molar-refractivity contribution in [3.63, 3.8) is 0 Å². The highest BCUT2D eigenvalue weighted by Gasteiger charge is 2.38. The van der Waals surface area contributed by atoms with Crippen LogP contribution in [0.4, 0.5) is 13.2 Å². The minimum atomic E-state index is -5.08. The van der Waals surface area contributed by atoms with E-state index in [-0.39, 0.29) is 22.4 Å². The molecule has 0 unspecified atom stereocenters. The van der Waals surface area contributed by atoms with E-state index in [1.54, 1.807) is 24.5 Å². The molecular formula is C22H19F3N2O6S3. The number of aryl methyl sites for hydroxylation is 1. The molecule has 0 saturated carbocycles. The van der Waals surface area contributed by atoms with Gasteiger partial charge in [-0.25, -0.2) is 13.2 Å². The van der Waals surface area contributed by atoms with Gasteiger partial charge in [0.05, 0.1) is 18.9 Å². The van der Waals surface area contributed by atoms with Crippen molar-refractivity contribution in [3.8, 4) is 22.6 Å². The Hall–Kier alpha value is -3.23. The van der Waals surface area contributed by atoms with Gasteiger partial charge in [0.15, 0.2) is 11.5 Å². The number of aliphatic carboxylic acids is 1. The number of sulfone groups is 1. The summed E-state index contributed by atoms with van der Waals surface area (Å²) in [7, 11) is -3.77. The Morgan fingerprint density at radius 2 is 1.78 bits per heavy atom. The van der Waals surface area contributed by atoms with Crippen LogP contribution in [0.25, 0.3) is 11.1 Å². The number of carbonyl (C=O) groups is 1. The number of ether oxygens (including phenoxy) is 2. The lowest BCUT2D eigenvalue weighted by atomic mass is 10.00. The molecule has 0 spiro atoms. The van der Waals surface area contributed by atoms with E-state index in [9.17, 15) is 21.6 Å². The number of alkyl halides is 3. The van der Waals surface area contributed by atoms with Crippen LogP contribution in [0.2, 0.25) is 0 Å². The molecule has 0 saturated heterocycles. The molecule has 2 aromatic carbocycles. The Morgan fingerprint density at radius 1 is 1.17 bits per heavy atom. The number of carboxylic acid groups (broad SMARTS) is 1. The first-order valence-electron chi connectivity index (χ1n) is 9.83. The number of nitrogens with two attached hydrogens (primary N) is 1. The Bertz CT molecular complexity index is 1440. The highest BCUT2D eigenvalue weighted by atomic mass is 32.2. The third-order valence-corrected chi connectivity index (χ3v) is 9.16. The molecule has 4 N–H and O–H groups in total. The topological polar surface area (TPSA) is 140 Å². The molecule has 0 amide bonds. The van der Waals surface area contributed by atoms with E-state index < -0.39 is 22.0 Å². The molecule has 36 heavy (non-hydrogen) atoms. The molecule has 1 aliphatic heterocycles. The normalized spacial score (nSPS) is 12.6. The molecule has 0 bridgehead atoms. The summed E-state index contributed by atoms with van der Waals surface area (Å²) in [6, 6.07) is 12.1. The number of benzene rings is 2. The minimum absolute atomic E-state index is 0.142. The summed E-state index contributed by atoms with van der Waals surface area (Å²) in [5, 5.41) is 14.7. The maximum atomic E-state index is 13.3. The summed E-state index contributed by atoms with van der Waals surface area (Å²) >= 11 is 2.54. The zero-order chi connectivity index (χ0) is 26.8. The van der Waals surface area contributed by atoms with Gasteiger partial charge in [0.25, 0.3) is 0 Å². The average Bonchev–Trinajstić information content (AvgIpc) is 3.45. The van der Waals surface area contributed by atoms with E-state index >= 15 is 0 Å². The lowest BCUT2D eigenvalue weighted by Crippen LogP contribution is -2.21. The highest BCUT2D eigenvalue weighted by Crippen LogP contribution is 2.40. The average molecular weight is 561 g/mol. The van der Waals surface area contributed by atoms with Crippen LogP contribution in [0, 0.1) is 12.3 Å². The number of rotatable bonds is 5. The highest BCUT2D eigenvalue weighted by molar-refractivity contribution is 8.01. The maximum absolute atomic E-state index is 13.3. The predicted molar refractivity (Wildman–Crippen MR) is 129 cm³/mol. The van der Waals surface area contributed by atoms with Crippen LogP contribution in [-0.4, -0.2) is 44.6 Å². The van der Waals surface area contributed by atoms with Crippen molar-refractivity contribution in [1.29, 1.82) is 5.41 Å². The van der Waals surface area contributed by atoms with Crippen LogP contribution in [-0.2, 0) is 14.6 Å². The first kappa shape index (κ1) is 27.4. The number of carboxylic acids is 1. The van der Waals surface area contributed by atoms with Crippen molar-refractivity contribution in [1.82, 2.24) is 0 Å². The summed E-state index contributed by atoms with van der Waals surface area (Å²) in [4.78, 5) is 9.71. The molecule has 0 aliphatic carbocycles. The Morgan fingerprint density at radius 3 is 2.33 bits per heavy atom. The fourth-order valence-corrected chi connectivity index (χ4v) is 7.04. The fourth-order valence-electron chi connectivity index (χ4n) is 3.13. The van der Waals surface area contributed by atoms with E-state index in [0.717, 1.165) is 16.7 Å². The summed E-state index contributed by atoms with van der Waals surface area (Å²) in [5.41, 5.74) is 8.18. The molecule has 192 valence electrons. The standard InChI is InChI=1S/C20H18N2O4S3.C2HF3O2/c1-11-6-15-16(26-10-25-15)8-14(11)12-4-3-5-13(7-12)29(23,24)18-9-17(19(21)22)28-20(18)27-2;3-2(4,5)1(6)7/h3-9H,10H2,1-2H3,(H3,21,22);(H,6,7). The van der Waals surface area contributed by atoms with Crippen molar-refractivity contribution in [2.24, 2.45) is 5.73 Å². The van der Waals surface area contributed by atoms with Gasteiger partial charge in [0.2, 0.25) is 16.6 Å². The van der Waals surface area contributed by atoms with Crippen molar-refractivity contribution >= 4 is 44.7 Å². The monoisotopic (exact) mass is 560 g/mol.